The molecule has 0 amide bonds. The summed E-state index contributed by atoms with van der Waals surface area (Å²) in [5.74, 6) is -0.202. The molecule has 1 N–H and O–H groups in total. The zero-order valence-electron chi connectivity index (χ0n) is 11.4. The van der Waals surface area contributed by atoms with Gasteiger partial charge in [0.1, 0.15) is 0 Å². The largest absolute Gasteiger partial charge is 0.494 e. The lowest BCUT2D eigenvalue weighted by Gasteiger charge is -2.13. The Morgan fingerprint density at radius 3 is 2.60 bits per heavy atom. The highest BCUT2D eigenvalue weighted by molar-refractivity contribution is 9.10. The topological polar surface area (TPSA) is 29.5 Å². The second kappa shape index (κ2) is 6.37. The highest BCUT2D eigenvalue weighted by atomic mass is 79.9. The van der Waals surface area contributed by atoms with Crippen LogP contribution in [-0.2, 0) is 6.42 Å². The van der Waals surface area contributed by atoms with E-state index >= 15 is 0 Å². The summed E-state index contributed by atoms with van der Waals surface area (Å²) in [5, 5.41) is 10.2. The molecule has 20 heavy (non-hydrogen) atoms. The van der Waals surface area contributed by atoms with E-state index in [-0.39, 0.29) is 5.75 Å². The number of halogens is 2. The molecule has 0 aliphatic rings. The van der Waals surface area contributed by atoms with E-state index < -0.39 is 11.9 Å². The number of benzene rings is 2. The van der Waals surface area contributed by atoms with Crippen LogP contribution in [0.5, 0.6) is 5.75 Å². The number of aryl methyl sites for hydroxylation is 1. The summed E-state index contributed by atoms with van der Waals surface area (Å²) in [6.07, 6.45) is -0.295. The van der Waals surface area contributed by atoms with Crippen LogP contribution >= 0.6 is 15.9 Å². The number of rotatable bonds is 4. The quantitative estimate of drug-likeness (QED) is 0.905. The second-order valence-electron chi connectivity index (χ2n) is 4.70. The molecule has 0 aromatic heterocycles. The van der Waals surface area contributed by atoms with Crippen LogP contribution in [0.25, 0.3) is 0 Å². The number of hydrogen-bond donors (Lipinski definition) is 1. The molecule has 0 bridgehead atoms. The summed E-state index contributed by atoms with van der Waals surface area (Å²) in [7, 11) is 1.43. The summed E-state index contributed by atoms with van der Waals surface area (Å²) in [4.78, 5) is 0. The van der Waals surface area contributed by atoms with Crippen LogP contribution in [0.1, 0.15) is 22.8 Å². The molecular weight excluding hydrogens is 323 g/mol. The van der Waals surface area contributed by atoms with Gasteiger partial charge in [-0.3, -0.25) is 0 Å². The van der Waals surface area contributed by atoms with Crippen molar-refractivity contribution in [2.45, 2.75) is 19.4 Å². The van der Waals surface area contributed by atoms with Gasteiger partial charge in [-0.25, -0.2) is 4.39 Å². The minimum absolute atomic E-state index is 0.211. The van der Waals surface area contributed by atoms with Crippen LogP contribution < -0.4 is 4.74 Å². The summed E-state index contributed by atoms with van der Waals surface area (Å²) in [6, 6.07) is 10.4. The molecule has 0 aliphatic heterocycles. The van der Waals surface area contributed by atoms with Gasteiger partial charge in [0.2, 0.25) is 0 Å². The third kappa shape index (κ3) is 3.38. The Kier molecular flexibility index (Phi) is 4.78. The molecule has 0 saturated heterocycles. The molecular formula is C16H16BrFO2. The lowest BCUT2D eigenvalue weighted by molar-refractivity contribution is 0.178. The average molecular weight is 339 g/mol. The lowest BCUT2D eigenvalue weighted by Crippen LogP contribution is -2.03. The van der Waals surface area contributed by atoms with Crippen molar-refractivity contribution in [1.29, 1.82) is 0 Å². The van der Waals surface area contributed by atoms with Crippen LogP contribution in [0.3, 0.4) is 0 Å². The van der Waals surface area contributed by atoms with E-state index in [1.807, 2.05) is 25.1 Å². The van der Waals surface area contributed by atoms with Gasteiger partial charge in [-0.1, -0.05) is 34.1 Å². The van der Waals surface area contributed by atoms with Crippen molar-refractivity contribution in [3.8, 4) is 5.75 Å². The molecule has 0 saturated carbocycles. The zero-order chi connectivity index (χ0) is 14.7. The van der Waals surface area contributed by atoms with E-state index in [1.165, 1.54) is 13.2 Å². The maximum Gasteiger partial charge on any atom is 0.165 e. The van der Waals surface area contributed by atoms with E-state index in [1.54, 1.807) is 12.1 Å². The van der Waals surface area contributed by atoms with E-state index in [4.69, 9.17) is 4.74 Å². The summed E-state index contributed by atoms with van der Waals surface area (Å²) in [5.41, 5.74) is 2.61. The van der Waals surface area contributed by atoms with Gasteiger partial charge in [-0.15, -0.1) is 0 Å². The molecule has 4 heteroatoms. The Morgan fingerprint density at radius 1 is 1.25 bits per heavy atom. The third-order valence-corrected chi connectivity index (χ3v) is 4.10. The molecule has 106 valence electrons. The number of methoxy groups -OCH3 is 1. The lowest BCUT2D eigenvalue weighted by atomic mass is 10.00. The zero-order valence-corrected chi connectivity index (χ0v) is 12.9. The van der Waals surface area contributed by atoms with Crippen LogP contribution in [0, 0.1) is 12.7 Å². The van der Waals surface area contributed by atoms with Gasteiger partial charge in [-0.05, 0) is 41.8 Å². The molecule has 0 aliphatic carbocycles. The standard InChI is InChI=1S/C16H16BrFO2/c1-10-7-12(4-5-13(10)17)15(19)9-11-3-6-16(20-2)14(18)8-11/h3-8,15,19H,9H2,1-2H3. The predicted octanol–water partition coefficient (Wildman–Crippen LogP) is 4.18. The van der Waals surface area contributed by atoms with Crippen molar-refractivity contribution in [1.82, 2.24) is 0 Å². The molecule has 2 aromatic rings. The molecule has 0 heterocycles. The Bertz CT molecular complexity index is 613. The van der Waals surface area contributed by atoms with Gasteiger partial charge in [0.05, 0.1) is 13.2 Å². The highest BCUT2D eigenvalue weighted by Gasteiger charge is 2.11. The maximum atomic E-state index is 13.6. The summed E-state index contributed by atoms with van der Waals surface area (Å²) < 4.78 is 19.5. The van der Waals surface area contributed by atoms with Crippen molar-refractivity contribution in [2.24, 2.45) is 0 Å². The highest BCUT2D eigenvalue weighted by Crippen LogP contribution is 2.25. The van der Waals surface area contributed by atoms with Gasteiger partial charge >= 0.3 is 0 Å². The molecule has 1 atom stereocenters. The molecule has 0 fully saturated rings. The van der Waals surface area contributed by atoms with Crippen molar-refractivity contribution >= 4 is 15.9 Å². The van der Waals surface area contributed by atoms with E-state index in [0.717, 1.165) is 21.2 Å². The smallest absolute Gasteiger partial charge is 0.165 e. The van der Waals surface area contributed by atoms with E-state index in [9.17, 15) is 9.50 Å². The Morgan fingerprint density at radius 2 is 2.00 bits per heavy atom. The van der Waals surface area contributed by atoms with Gasteiger partial charge < -0.3 is 9.84 Å². The molecule has 2 nitrogen and oxygen atoms in total. The first-order valence-corrected chi connectivity index (χ1v) is 7.07. The Balaban J connectivity index is 2.16. The number of aliphatic hydroxyl groups is 1. The maximum absolute atomic E-state index is 13.6. The molecule has 1 unspecified atom stereocenters. The van der Waals surface area contributed by atoms with Crippen LogP contribution in [0.2, 0.25) is 0 Å². The Labute approximate surface area is 126 Å². The number of ether oxygens (including phenoxy) is 1. The molecule has 0 radical (unpaired) electrons. The van der Waals surface area contributed by atoms with Crippen molar-refractivity contribution in [2.75, 3.05) is 7.11 Å². The second-order valence-corrected chi connectivity index (χ2v) is 5.55. The third-order valence-electron chi connectivity index (χ3n) is 3.21. The van der Waals surface area contributed by atoms with Crippen LogP contribution in [0.4, 0.5) is 4.39 Å². The van der Waals surface area contributed by atoms with E-state index in [0.29, 0.717) is 6.42 Å². The normalized spacial score (nSPS) is 12.2. The molecule has 2 rings (SSSR count). The molecule has 0 spiro atoms. The van der Waals surface area contributed by atoms with Crippen LogP contribution in [-0.4, -0.2) is 12.2 Å². The molecule has 2 aromatic carbocycles. The van der Waals surface area contributed by atoms with Crippen molar-refractivity contribution in [3.63, 3.8) is 0 Å². The first kappa shape index (κ1) is 15.0. The fraction of sp³-hybridized carbons (Fsp3) is 0.250. The number of hydrogen-bond acceptors (Lipinski definition) is 2. The minimum Gasteiger partial charge on any atom is -0.494 e. The fourth-order valence-corrected chi connectivity index (χ4v) is 2.30. The summed E-state index contributed by atoms with van der Waals surface area (Å²) >= 11 is 3.43. The van der Waals surface area contributed by atoms with E-state index in [2.05, 4.69) is 15.9 Å². The first-order chi connectivity index (χ1) is 9.51. The SMILES string of the molecule is COc1ccc(CC(O)c2ccc(Br)c(C)c2)cc1F. The van der Waals surface area contributed by atoms with Gasteiger partial charge in [-0.2, -0.15) is 0 Å². The van der Waals surface area contributed by atoms with Crippen LogP contribution in [0.15, 0.2) is 40.9 Å². The predicted molar refractivity (Wildman–Crippen MR) is 80.5 cm³/mol. The van der Waals surface area contributed by atoms with Gasteiger partial charge in [0.15, 0.2) is 11.6 Å². The first-order valence-electron chi connectivity index (χ1n) is 6.28. The monoisotopic (exact) mass is 338 g/mol. The van der Waals surface area contributed by atoms with Crippen molar-refractivity contribution < 1.29 is 14.2 Å². The Hall–Kier alpha value is -1.39. The minimum atomic E-state index is -0.658. The fourth-order valence-electron chi connectivity index (χ4n) is 2.05. The van der Waals surface area contributed by atoms with Gasteiger partial charge in [0.25, 0.3) is 0 Å². The van der Waals surface area contributed by atoms with Gasteiger partial charge in [0, 0.05) is 10.9 Å². The number of aliphatic hydroxyl groups excluding tert-OH is 1. The average Bonchev–Trinajstić information content (AvgIpc) is 2.42. The summed E-state index contributed by atoms with van der Waals surface area (Å²) in [6.45, 7) is 1.97. The van der Waals surface area contributed by atoms with Crippen molar-refractivity contribution in [3.05, 3.63) is 63.4 Å².